The number of rotatable bonds is 3. The van der Waals surface area contributed by atoms with Crippen molar-refractivity contribution in [2.45, 2.75) is 26.4 Å². The van der Waals surface area contributed by atoms with Crippen molar-refractivity contribution >= 4 is 11.8 Å². The number of methoxy groups -OCH3 is 1. The number of ether oxygens (including phenoxy) is 1. The highest BCUT2D eigenvalue weighted by Crippen LogP contribution is 2.30. The van der Waals surface area contributed by atoms with Gasteiger partial charge >= 0.3 is 5.97 Å². The van der Waals surface area contributed by atoms with E-state index in [1.165, 1.54) is 25.3 Å². The summed E-state index contributed by atoms with van der Waals surface area (Å²) in [5.41, 5.74) is 0.482. The molecule has 1 rings (SSSR count). The quantitative estimate of drug-likeness (QED) is 0.479. The zero-order valence-electron chi connectivity index (χ0n) is 11.6. The zero-order valence-corrected chi connectivity index (χ0v) is 11.6. The Bertz CT molecular complexity index is 496. The Morgan fingerprint density at radius 1 is 1.32 bits per heavy atom. The first kappa shape index (κ1) is 15.1. The molecule has 0 amide bonds. The zero-order chi connectivity index (χ0) is 14.6. The lowest BCUT2D eigenvalue weighted by Gasteiger charge is -2.29. The van der Waals surface area contributed by atoms with Gasteiger partial charge in [-0.25, -0.2) is 4.79 Å². The predicted molar refractivity (Wildman–Crippen MR) is 72.4 cm³/mol. The summed E-state index contributed by atoms with van der Waals surface area (Å²) in [6.07, 6.45) is 7.31. The number of hydrogen-bond donors (Lipinski definition) is 1. The summed E-state index contributed by atoms with van der Waals surface area (Å²) in [6.45, 7) is 5.11. The molecule has 0 unspecified atom stereocenters. The van der Waals surface area contributed by atoms with Gasteiger partial charge in [-0.1, -0.05) is 6.08 Å². The molecule has 19 heavy (non-hydrogen) atoms. The normalized spacial score (nSPS) is 19.2. The molecule has 0 radical (unpaired) electrons. The maximum atomic E-state index is 11.3. The molecule has 1 aliphatic rings. The highest BCUT2D eigenvalue weighted by molar-refractivity contribution is 6.02. The van der Waals surface area contributed by atoms with Gasteiger partial charge in [0.1, 0.15) is 5.60 Å². The van der Waals surface area contributed by atoms with Crippen LogP contribution in [0.3, 0.4) is 0 Å². The summed E-state index contributed by atoms with van der Waals surface area (Å²) in [5.74, 6) is -0.581. The van der Waals surface area contributed by atoms with Gasteiger partial charge in [-0.15, -0.1) is 0 Å². The van der Waals surface area contributed by atoms with Crippen molar-refractivity contribution < 1.29 is 19.4 Å². The number of carbonyl (C=O) groups is 2. The van der Waals surface area contributed by atoms with Crippen molar-refractivity contribution in [1.82, 2.24) is 0 Å². The minimum Gasteiger partial charge on any atom is -0.466 e. The molecule has 102 valence electrons. The van der Waals surface area contributed by atoms with Gasteiger partial charge in [-0.05, 0) is 55.7 Å². The monoisotopic (exact) mass is 262 g/mol. The average Bonchev–Trinajstić information content (AvgIpc) is 2.33. The van der Waals surface area contributed by atoms with Crippen LogP contribution in [0.5, 0.6) is 0 Å². The van der Waals surface area contributed by atoms with E-state index in [0.717, 1.165) is 0 Å². The van der Waals surface area contributed by atoms with E-state index in [-0.39, 0.29) is 5.78 Å². The molecule has 4 nitrogen and oxygen atoms in total. The highest BCUT2D eigenvalue weighted by Gasteiger charge is 2.31. The van der Waals surface area contributed by atoms with Gasteiger partial charge in [0.25, 0.3) is 0 Å². The van der Waals surface area contributed by atoms with Crippen LogP contribution in [-0.4, -0.2) is 29.6 Å². The fraction of sp³-hybridized carbons (Fsp3) is 0.333. The predicted octanol–water partition coefficient (Wildman–Crippen LogP) is 1.87. The smallest absolute Gasteiger partial charge is 0.330 e. The second-order valence-corrected chi connectivity index (χ2v) is 4.57. The minimum absolute atomic E-state index is 0.130. The molecular formula is C15H18O4. The Morgan fingerprint density at radius 2 is 1.84 bits per heavy atom. The molecule has 0 heterocycles. The van der Waals surface area contributed by atoms with E-state index >= 15 is 0 Å². The van der Waals surface area contributed by atoms with Crippen LogP contribution in [0, 0.1) is 0 Å². The van der Waals surface area contributed by atoms with Crippen LogP contribution in [0.4, 0.5) is 0 Å². The molecule has 0 aliphatic heterocycles. The number of aliphatic hydroxyl groups is 1. The molecule has 0 saturated carbocycles. The van der Waals surface area contributed by atoms with Crippen molar-refractivity contribution in [2.75, 3.05) is 7.11 Å². The summed E-state index contributed by atoms with van der Waals surface area (Å²) in [6, 6.07) is 0. The van der Waals surface area contributed by atoms with Crippen LogP contribution in [-0.2, 0) is 14.3 Å². The molecule has 4 heteroatoms. The lowest BCUT2D eigenvalue weighted by molar-refractivity contribution is -0.134. The number of hydrogen-bond acceptors (Lipinski definition) is 4. The highest BCUT2D eigenvalue weighted by atomic mass is 16.5. The summed E-state index contributed by atoms with van der Waals surface area (Å²) in [4.78, 5) is 22.4. The topological polar surface area (TPSA) is 63.6 Å². The summed E-state index contributed by atoms with van der Waals surface area (Å²) in [7, 11) is 1.30. The Labute approximate surface area is 112 Å². The Morgan fingerprint density at radius 3 is 2.32 bits per heavy atom. The first-order chi connectivity index (χ1) is 8.79. The molecule has 0 fully saturated rings. The van der Waals surface area contributed by atoms with E-state index in [1.807, 2.05) is 0 Å². The van der Waals surface area contributed by atoms with Gasteiger partial charge < -0.3 is 9.84 Å². The van der Waals surface area contributed by atoms with Gasteiger partial charge in [0, 0.05) is 6.08 Å². The van der Waals surface area contributed by atoms with Crippen LogP contribution in [0.15, 0.2) is 47.1 Å². The molecule has 0 spiro atoms. The van der Waals surface area contributed by atoms with Gasteiger partial charge in [0.05, 0.1) is 7.11 Å². The van der Waals surface area contributed by atoms with Crippen molar-refractivity contribution in [3.63, 3.8) is 0 Å². The minimum atomic E-state index is -1.28. The maximum Gasteiger partial charge on any atom is 0.330 e. The third kappa shape index (κ3) is 3.51. The second-order valence-electron chi connectivity index (χ2n) is 4.57. The van der Waals surface area contributed by atoms with Crippen LogP contribution in [0.1, 0.15) is 20.8 Å². The molecule has 0 atom stereocenters. The van der Waals surface area contributed by atoms with Crippen molar-refractivity contribution in [3.8, 4) is 0 Å². The summed E-state index contributed by atoms with van der Waals surface area (Å²) >= 11 is 0. The lowest BCUT2D eigenvalue weighted by Crippen LogP contribution is -2.32. The summed E-state index contributed by atoms with van der Waals surface area (Å²) in [5, 5.41) is 10.5. The first-order valence-corrected chi connectivity index (χ1v) is 5.89. The number of esters is 1. The Balaban J connectivity index is 3.00. The Hall–Kier alpha value is -1.94. The van der Waals surface area contributed by atoms with Crippen LogP contribution >= 0.6 is 0 Å². The SMILES string of the molecule is COC(=O)/C=C(\C)C=CC1(O)C(C)=CC(=O)C=C1C. The number of carbonyl (C=O) groups excluding carboxylic acids is 2. The Kier molecular flexibility index (Phi) is 4.62. The fourth-order valence-electron chi connectivity index (χ4n) is 1.81. The maximum absolute atomic E-state index is 11.3. The standard InChI is InChI=1S/C15H18O4/c1-10(7-14(17)19-4)5-6-15(18)11(2)8-13(16)9-12(15)3/h5-9,18H,1-4H3/b6-5?,10-7+. The number of allylic oxidation sites excluding steroid dienone is 4. The van der Waals surface area contributed by atoms with Crippen LogP contribution in [0.2, 0.25) is 0 Å². The van der Waals surface area contributed by atoms with Crippen molar-refractivity contribution in [2.24, 2.45) is 0 Å². The van der Waals surface area contributed by atoms with Gasteiger partial charge in [0.15, 0.2) is 5.78 Å². The summed E-state index contributed by atoms with van der Waals surface area (Å²) < 4.78 is 4.51. The molecular weight excluding hydrogens is 244 g/mol. The fourth-order valence-corrected chi connectivity index (χ4v) is 1.81. The first-order valence-electron chi connectivity index (χ1n) is 5.89. The van der Waals surface area contributed by atoms with Crippen LogP contribution in [0.25, 0.3) is 0 Å². The largest absolute Gasteiger partial charge is 0.466 e. The third-order valence-corrected chi connectivity index (χ3v) is 3.05. The van der Waals surface area contributed by atoms with E-state index in [2.05, 4.69) is 4.74 Å². The van der Waals surface area contributed by atoms with E-state index < -0.39 is 11.6 Å². The third-order valence-electron chi connectivity index (χ3n) is 3.05. The van der Waals surface area contributed by atoms with Crippen LogP contribution < -0.4 is 0 Å². The molecule has 0 aromatic heterocycles. The molecule has 0 saturated heterocycles. The van der Waals surface area contributed by atoms with E-state index in [1.54, 1.807) is 32.9 Å². The lowest BCUT2D eigenvalue weighted by atomic mass is 9.82. The molecule has 0 aromatic carbocycles. The van der Waals surface area contributed by atoms with Crippen molar-refractivity contribution in [3.05, 3.63) is 47.1 Å². The average molecular weight is 262 g/mol. The molecule has 1 aliphatic carbocycles. The van der Waals surface area contributed by atoms with Crippen molar-refractivity contribution in [1.29, 1.82) is 0 Å². The number of ketones is 1. The van der Waals surface area contributed by atoms with Gasteiger partial charge in [-0.3, -0.25) is 4.79 Å². The van der Waals surface area contributed by atoms with E-state index in [0.29, 0.717) is 16.7 Å². The molecule has 1 N–H and O–H groups in total. The molecule has 0 aromatic rings. The van der Waals surface area contributed by atoms with E-state index in [4.69, 9.17) is 0 Å². The van der Waals surface area contributed by atoms with Gasteiger partial charge in [-0.2, -0.15) is 0 Å². The van der Waals surface area contributed by atoms with E-state index in [9.17, 15) is 14.7 Å². The second kappa shape index (κ2) is 5.80. The molecule has 0 bridgehead atoms. The van der Waals surface area contributed by atoms with Gasteiger partial charge in [0.2, 0.25) is 0 Å².